The number of anilines is 1. The van der Waals surface area contributed by atoms with Gasteiger partial charge in [-0.25, -0.2) is 4.98 Å². The lowest BCUT2D eigenvalue weighted by atomic mass is 9.92. The smallest absolute Gasteiger partial charge is 0.226 e. The van der Waals surface area contributed by atoms with Crippen molar-refractivity contribution in [1.82, 2.24) is 4.98 Å². The monoisotopic (exact) mass is 314 g/mol. The number of carbonyl (C=O) groups excluding carboxylic acids is 1. The van der Waals surface area contributed by atoms with E-state index in [1.54, 1.807) is 0 Å². The summed E-state index contributed by atoms with van der Waals surface area (Å²) in [7, 11) is 0. The van der Waals surface area contributed by atoms with Crippen molar-refractivity contribution in [2.24, 2.45) is 5.41 Å². The number of carbonyl (C=O) groups is 1. The highest BCUT2D eigenvalue weighted by molar-refractivity contribution is 7.20. The summed E-state index contributed by atoms with van der Waals surface area (Å²) in [4.78, 5) is 17.2. The third kappa shape index (κ3) is 4.30. The first-order valence-electron chi connectivity index (χ1n) is 5.84. The number of hydrogen-bond acceptors (Lipinski definition) is 4. The number of thiazole rings is 1. The Balaban J connectivity index is 2.04. The minimum absolute atomic E-state index is 0.00221. The molecule has 6 heteroatoms. The fourth-order valence-electron chi connectivity index (χ4n) is 1.54. The Morgan fingerprint density at radius 3 is 2.74 bits per heavy atom. The van der Waals surface area contributed by atoms with E-state index in [4.69, 9.17) is 11.6 Å². The summed E-state index contributed by atoms with van der Waals surface area (Å²) < 4.78 is 0.737. The maximum absolute atomic E-state index is 11.8. The van der Waals surface area contributed by atoms with Crippen molar-refractivity contribution in [3.8, 4) is 10.6 Å². The van der Waals surface area contributed by atoms with E-state index >= 15 is 0 Å². The van der Waals surface area contributed by atoms with Crippen molar-refractivity contribution in [3.63, 3.8) is 0 Å². The molecular weight excluding hydrogens is 300 g/mol. The molecule has 2 aromatic heterocycles. The largest absolute Gasteiger partial charge is 0.302 e. The van der Waals surface area contributed by atoms with Crippen molar-refractivity contribution < 1.29 is 4.79 Å². The van der Waals surface area contributed by atoms with Gasteiger partial charge in [0.05, 0.1) is 14.9 Å². The quantitative estimate of drug-likeness (QED) is 0.875. The molecule has 0 atom stereocenters. The molecule has 1 amide bonds. The zero-order chi connectivity index (χ0) is 14.0. The lowest BCUT2D eigenvalue weighted by Crippen LogP contribution is -2.19. The molecule has 0 aliphatic rings. The molecule has 0 unspecified atom stereocenters. The molecular formula is C13H15ClN2OS2. The molecule has 0 saturated heterocycles. The van der Waals surface area contributed by atoms with Crippen LogP contribution in [-0.4, -0.2) is 10.9 Å². The second-order valence-corrected chi connectivity index (χ2v) is 8.00. The summed E-state index contributed by atoms with van der Waals surface area (Å²) >= 11 is 8.81. The number of thiophene rings is 1. The van der Waals surface area contributed by atoms with Crippen molar-refractivity contribution in [2.75, 3.05) is 5.32 Å². The van der Waals surface area contributed by atoms with E-state index in [0.29, 0.717) is 11.6 Å². The first-order chi connectivity index (χ1) is 8.83. The minimum atomic E-state index is -0.0224. The van der Waals surface area contributed by atoms with Crippen LogP contribution in [-0.2, 0) is 4.79 Å². The first-order valence-corrected chi connectivity index (χ1v) is 7.92. The topological polar surface area (TPSA) is 42.0 Å². The molecule has 0 fully saturated rings. The van der Waals surface area contributed by atoms with Crippen LogP contribution in [0.4, 0.5) is 5.13 Å². The second kappa shape index (κ2) is 5.61. The van der Waals surface area contributed by atoms with Crippen molar-refractivity contribution >= 4 is 45.3 Å². The maximum atomic E-state index is 11.8. The lowest BCUT2D eigenvalue weighted by molar-refractivity contribution is -0.117. The Bertz CT molecular complexity index is 583. The van der Waals surface area contributed by atoms with Gasteiger partial charge in [-0.2, -0.15) is 0 Å². The van der Waals surface area contributed by atoms with Gasteiger partial charge in [-0.05, 0) is 17.5 Å². The highest BCUT2D eigenvalue weighted by Gasteiger charge is 2.17. The van der Waals surface area contributed by atoms with Gasteiger partial charge in [-0.15, -0.1) is 22.7 Å². The summed E-state index contributed by atoms with van der Waals surface area (Å²) in [6.45, 7) is 6.11. The molecule has 19 heavy (non-hydrogen) atoms. The highest BCUT2D eigenvalue weighted by Crippen LogP contribution is 2.33. The van der Waals surface area contributed by atoms with Gasteiger partial charge in [0.25, 0.3) is 0 Å². The molecule has 0 aliphatic heterocycles. The number of nitrogens with zero attached hydrogens (tertiary/aromatic N) is 1. The Morgan fingerprint density at radius 1 is 1.42 bits per heavy atom. The first kappa shape index (κ1) is 14.5. The number of halogens is 1. The van der Waals surface area contributed by atoms with Gasteiger partial charge in [0.15, 0.2) is 5.13 Å². The summed E-state index contributed by atoms with van der Waals surface area (Å²) in [6.07, 6.45) is 0.479. The Hall–Kier alpha value is -0.910. The fraction of sp³-hybridized carbons (Fsp3) is 0.385. The van der Waals surface area contributed by atoms with Crippen LogP contribution >= 0.6 is 34.3 Å². The van der Waals surface area contributed by atoms with Crippen LogP contribution < -0.4 is 5.32 Å². The standard InChI is InChI=1S/C13H15ClN2OS2/c1-13(2,3)6-11(17)16-12-15-8(7-18-12)9-4-5-10(14)19-9/h4-5,7H,6H2,1-3H3,(H,15,16,17). The van der Waals surface area contributed by atoms with Gasteiger partial charge < -0.3 is 5.32 Å². The average Bonchev–Trinajstić information content (AvgIpc) is 2.83. The van der Waals surface area contributed by atoms with E-state index in [9.17, 15) is 4.79 Å². The van der Waals surface area contributed by atoms with Crippen LogP contribution in [0, 0.1) is 5.41 Å². The zero-order valence-corrected chi connectivity index (χ0v) is 13.4. The predicted octanol–water partition coefficient (Wildman–Crippen LogP) is 4.90. The molecule has 0 aromatic carbocycles. The van der Waals surface area contributed by atoms with Crippen molar-refractivity contribution in [2.45, 2.75) is 27.2 Å². The van der Waals surface area contributed by atoms with E-state index in [1.165, 1.54) is 22.7 Å². The minimum Gasteiger partial charge on any atom is -0.302 e. The number of nitrogens with one attached hydrogen (secondary N) is 1. The second-order valence-electron chi connectivity index (χ2n) is 5.43. The summed E-state index contributed by atoms with van der Waals surface area (Å²) in [5.41, 5.74) is 0.832. The Kier molecular flexibility index (Phi) is 4.28. The fourth-order valence-corrected chi connectivity index (χ4v) is 3.35. The molecule has 102 valence electrons. The van der Waals surface area contributed by atoms with Gasteiger partial charge in [-0.3, -0.25) is 4.79 Å². The molecule has 2 heterocycles. The summed E-state index contributed by atoms with van der Waals surface area (Å²) in [5.74, 6) is -0.00221. The predicted molar refractivity (Wildman–Crippen MR) is 83.1 cm³/mol. The molecule has 2 rings (SSSR count). The Labute approximate surface area is 125 Å². The number of aromatic nitrogens is 1. The van der Waals surface area contributed by atoms with E-state index in [2.05, 4.69) is 10.3 Å². The molecule has 0 radical (unpaired) electrons. The molecule has 0 spiro atoms. The third-order valence-electron chi connectivity index (χ3n) is 2.27. The highest BCUT2D eigenvalue weighted by atomic mass is 35.5. The zero-order valence-electron chi connectivity index (χ0n) is 11.0. The maximum Gasteiger partial charge on any atom is 0.226 e. The molecule has 0 aliphatic carbocycles. The van der Waals surface area contributed by atoms with Gasteiger partial charge in [0.1, 0.15) is 0 Å². The van der Waals surface area contributed by atoms with Crippen LogP contribution in [0.2, 0.25) is 4.34 Å². The molecule has 0 bridgehead atoms. The molecule has 2 aromatic rings. The van der Waals surface area contributed by atoms with Gasteiger partial charge in [0.2, 0.25) is 5.91 Å². The van der Waals surface area contributed by atoms with Gasteiger partial charge in [-0.1, -0.05) is 32.4 Å². The van der Waals surface area contributed by atoms with Crippen LogP contribution in [0.15, 0.2) is 17.5 Å². The number of amides is 1. The van der Waals surface area contributed by atoms with Gasteiger partial charge >= 0.3 is 0 Å². The van der Waals surface area contributed by atoms with Crippen LogP contribution in [0.3, 0.4) is 0 Å². The summed E-state index contributed by atoms with van der Waals surface area (Å²) in [6, 6.07) is 3.78. The average molecular weight is 315 g/mol. The van der Waals surface area contributed by atoms with Crippen LogP contribution in [0.5, 0.6) is 0 Å². The molecule has 1 N–H and O–H groups in total. The number of hydrogen-bond donors (Lipinski definition) is 1. The van der Waals surface area contributed by atoms with Crippen molar-refractivity contribution in [1.29, 1.82) is 0 Å². The number of rotatable bonds is 3. The Morgan fingerprint density at radius 2 is 2.16 bits per heavy atom. The van der Waals surface area contributed by atoms with Crippen LogP contribution in [0.1, 0.15) is 27.2 Å². The molecule has 0 saturated carbocycles. The van der Waals surface area contributed by atoms with E-state index < -0.39 is 0 Å². The van der Waals surface area contributed by atoms with Crippen molar-refractivity contribution in [3.05, 3.63) is 21.8 Å². The lowest BCUT2D eigenvalue weighted by Gasteiger charge is -2.16. The van der Waals surface area contributed by atoms with Gasteiger partial charge in [0, 0.05) is 11.8 Å². The molecule has 3 nitrogen and oxygen atoms in total. The summed E-state index contributed by atoms with van der Waals surface area (Å²) in [5, 5.41) is 5.39. The van der Waals surface area contributed by atoms with E-state index in [0.717, 1.165) is 14.9 Å². The SMILES string of the molecule is CC(C)(C)CC(=O)Nc1nc(-c2ccc(Cl)s2)cs1. The van der Waals surface area contributed by atoms with E-state index in [-0.39, 0.29) is 11.3 Å². The third-order valence-corrected chi connectivity index (χ3v) is 4.28. The van der Waals surface area contributed by atoms with E-state index in [1.807, 2.05) is 38.3 Å². The normalized spacial score (nSPS) is 11.6. The van der Waals surface area contributed by atoms with Crippen LogP contribution in [0.25, 0.3) is 10.6 Å².